The van der Waals surface area contributed by atoms with Crippen LogP contribution in [-0.4, -0.2) is 41.1 Å². The van der Waals surface area contributed by atoms with E-state index in [0.717, 1.165) is 5.56 Å². The molecule has 0 saturated carbocycles. The van der Waals surface area contributed by atoms with Crippen LogP contribution in [0.4, 0.5) is 5.82 Å². The summed E-state index contributed by atoms with van der Waals surface area (Å²) in [7, 11) is 3.02. The molecule has 2 aromatic rings. The first-order valence-corrected chi connectivity index (χ1v) is 8.26. The first-order valence-electron chi connectivity index (χ1n) is 7.44. The zero-order valence-corrected chi connectivity index (χ0v) is 14.5. The summed E-state index contributed by atoms with van der Waals surface area (Å²) in [4.78, 5) is 34.4. The maximum Gasteiger partial charge on any atom is 0.337 e. The molecule has 1 saturated heterocycles. The molecule has 1 aromatic heterocycles. The second kappa shape index (κ2) is 7.31. The van der Waals surface area contributed by atoms with E-state index in [1.165, 1.54) is 23.8 Å². The molecule has 7 heteroatoms. The second-order valence-corrected chi connectivity index (χ2v) is 6.18. The second-order valence-electron chi connectivity index (χ2n) is 5.17. The molecule has 126 valence electrons. The number of likely N-dealkylation sites (N-methyl/N-ethyl adjacent to an activating group) is 1. The van der Waals surface area contributed by atoms with Gasteiger partial charge in [0.05, 0.1) is 17.6 Å². The van der Waals surface area contributed by atoms with Crippen molar-refractivity contribution in [2.24, 2.45) is 4.99 Å². The monoisotopic (exact) mass is 353 g/mol. The number of benzene rings is 1. The molecule has 0 bridgehead atoms. The zero-order valence-electron chi connectivity index (χ0n) is 13.7. The Bertz CT molecular complexity index is 861. The number of methoxy groups -OCH3 is 1. The van der Waals surface area contributed by atoms with Crippen LogP contribution < -0.4 is 0 Å². The predicted molar refractivity (Wildman–Crippen MR) is 97.5 cm³/mol. The number of amidine groups is 1. The van der Waals surface area contributed by atoms with Crippen molar-refractivity contribution in [3.05, 3.63) is 64.7 Å². The van der Waals surface area contributed by atoms with Crippen LogP contribution >= 0.6 is 11.8 Å². The maximum atomic E-state index is 12.4. The molecule has 0 spiro atoms. The summed E-state index contributed by atoms with van der Waals surface area (Å²) in [6.45, 7) is 0. The molecule has 25 heavy (non-hydrogen) atoms. The molecule has 3 rings (SSSR count). The molecule has 0 atom stereocenters. The first kappa shape index (κ1) is 16.9. The molecule has 6 nitrogen and oxygen atoms in total. The summed E-state index contributed by atoms with van der Waals surface area (Å²) >= 11 is 1.29. The predicted octanol–water partition coefficient (Wildman–Crippen LogP) is 3.10. The van der Waals surface area contributed by atoms with Crippen molar-refractivity contribution in [1.82, 2.24) is 9.88 Å². The fourth-order valence-electron chi connectivity index (χ4n) is 2.15. The van der Waals surface area contributed by atoms with E-state index >= 15 is 0 Å². The van der Waals surface area contributed by atoms with Crippen molar-refractivity contribution in [1.29, 1.82) is 0 Å². The number of carbonyl (C=O) groups is 2. The van der Waals surface area contributed by atoms with E-state index in [-0.39, 0.29) is 5.91 Å². The lowest BCUT2D eigenvalue weighted by Gasteiger charge is -2.06. The van der Waals surface area contributed by atoms with E-state index in [0.29, 0.717) is 21.5 Å². The minimum Gasteiger partial charge on any atom is -0.465 e. The van der Waals surface area contributed by atoms with Gasteiger partial charge in [0.15, 0.2) is 11.0 Å². The van der Waals surface area contributed by atoms with Gasteiger partial charge in [0, 0.05) is 13.2 Å². The fraction of sp³-hybridized carbons (Fsp3) is 0.111. The average molecular weight is 353 g/mol. The van der Waals surface area contributed by atoms with Crippen molar-refractivity contribution < 1.29 is 14.3 Å². The summed E-state index contributed by atoms with van der Waals surface area (Å²) in [5, 5.41) is 0.570. The van der Waals surface area contributed by atoms with Crippen molar-refractivity contribution >= 4 is 40.7 Å². The highest BCUT2D eigenvalue weighted by Crippen LogP contribution is 2.32. The average Bonchev–Trinajstić information content (AvgIpc) is 2.90. The van der Waals surface area contributed by atoms with Gasteiger partial charge in [-0.1, -0.05) is 18.2 Å². The summed E-state index contributed by atoms with van der Waals surface area (Å²) in [6, 6.07) is 12.3. The largest absolute Gasteiger partial charge is 0.465 e. The van der Waals surface area contributed by atoms with Crippen LogP contribution in [0.25, 0.3) is 6.08 Å². The molecule has 0 radical (unpaired) electrons. The van der Waals surface area contributed by atoms with Crippen LogP contribution in [0.3, 0.4) is 0 Å². The van der Waals surface area contributed by atoms with E-state index in [4.69, 9.17) is 0 Å². The molecule has 0 N–H and O–H groups in total. The van der Waals surface area contributed by atoms with Gasteiger partial charge in [-0.25, -0.2) is 14.8 Å². The Kier molecular flexibility index (Phi) is 4.95. The minimum atomic E-state index is -0.393. The molecule has 1 aliphatic heterocycles. The third kappa shape index (κ3) is 3.77. The van der Waals surface area contributed by atoms with Gasteiger partial charge in [0.1, 0.15) is 0 Å². The van der Waals surface area contributed by atoms with Gasteiger partial charge in [0.2, 0.25) is 0 Å². The topological polar surface area (TPSA) is 71.9 Å². The van der Waals surface area contributed by atoms with Crippen LogP contribution in [0, 0.1) is 0 Å². The summed E-state index contributed by atoms with van der Waals surface area (Å²) in [5.41, 5.74) is 1.28. The number of aromatic nitrogens is 1. The summed E-state index contributed by atoms with van der Waals surface area (Å²) < 4.78 is 4.67. The lowest BCUT2D eigenvalue weighted by Crippen LogP contribution is -2.23. The van der Waals surface area contributed by atoms with Gasteiger partial charge in [-0.15, -0.1) is 0 Å². The number of esters is 1. The number of pyridine rings is 1. The molecule has 0 unspecified atom stereocenters. The number of amides is 1. The van der Waals surface area contributed by atoms with Gasteiger partial charge in [0.25, 0.3) is 5.91 Å². The quantitative estimate of drug-likeness (QED) is 0.626. The fourth-order valence-corrected chi connectivity index (χ4v) is 3.13. The third-order valence-electron chi connectivity index (χ3n) is 3.49. The third-order valence-corrected chi connectivity index (χ3v) is 4.55. The smallest absolute Gasteiger partial charge is 0.337 e. The Morgan fingerprint density at radius 1 is 1.24 bits per heavy atom. The van der Waals surface area contributed by atoms with E-state index in [1.807, 2.05) is 12.1 Å². The number of hydrogen-bond acceptors (Lipinski definition) is 6. The van der Waals surface area contributed by atoms with Crippen molar-refractivity contribution in [3.63, 3.8) is 0 Å². The Labute approximate surface area is 149 Å². The number of nitrogens with zero attached hydrogens (tertiary/aromatic N) is 3. The van der Waals surface area contributed by atoms with Gasteiger partial charge in [-0.05, 0) is 47.7 Å². The number of ether oxygens (including phenoxy) is 1. The molecule has 1 amide bonds. The molecular weight excluding hydrogens is 338 g/mol. The van der Waals surface area contributed by atoms with Crippen LogP contribution in [-0.2, 0) is 9.53 Å². The standard InChI is InChI=1S/C18H15N3O3S/c1-21-16(22)14(25-18(21)20-15-5-3-4-10-19-15)11-12-6-8-13(9-7-12)17(23)24-2/h3-11H,1-2H3/b14-11-,20-18+. The lowest BCUT2D eigenvalue weighted by molar-refractivity contribution is -0.121. The molecule has 1 aromatic carbocycles. The lowest BCUT2D eigenvalue weighted by atomic mass is 10.1. The Morgan fingerprint density at radius 3 is 2.64 bits per heavy atom. The molecule has 2 heterocycles. The highest BCUT2D eigenvalue weighted by molar-refractivity contribution is 8.18. The van der Waals surface area contributed by atoms with Crippen molar-refractivity contribution in [2.45, 2.75) is 0 Å². The normalized spacial score (nSPS) is 17.4. The van der Waals surface area contributed by atoms with E-state index in [9.17, 15) is 9.59 Å². The minimum absolute atomic E-state index is 0.128. The number of thioether (sulfide) groups is 1. The van der Waals surface area contributed by atoms with Crippen molar-refractivity contribution in [2.75, 3.05) is 14.2 Å². The van der Waals surface area contributed by atoms with E-state index < -0.39 is 5.97 Å². The molecule has 1 aliphatic rings. The zero-order chi connectivity index (χ0) is 17.8. The van der Waals surface area contributed by atoms with Crippen LogP contribution in [0.1, 0.15) is 15.9 Å². The van der Waals surface area contributed by atoms with Gasteiger partial charge in [-0.2, -0.15) is 0 Å². The Morgan fingerprint density at radius 2 is 2.00 bits per heavy atom. The van der Waals surface area contributed by atoms with Gasteiger partial charge >= 0.3 is 5.97 Å². The van der Waals surface area contributed by atoms with Gasteiger partial charge in [-0.3, -0.25) is 9.69 Å². The SMILES string of the molecule is COC(=O)c1ccc(/C=C2\S/C(=N/c3ccccn3)N(C)C2=O)cc1. The molecule has 1 fully saturated rings. The number of aliphatic imine (C=N–C) groups is 1. The van der Waals surface area contributed by atoms with E-state index in [2.05, 4.69) is 14.7 Å². The highest BCUT2D eigenvalue weighted by atomic mass is 32.2. The van der Waals surface area contributed by atoms with E-state index in [1.54, 1.807) is 49.7 Å². The van der Waals surface area contributed by atoms with Crippen LogP contribution in [0.5, 0.6) is 0 Å². The number of carbonyl (C=O) groups excluding carboxylic acids is 2. The van der Waals surface area contributed by atoms with Crippen LogP contribution in [0.2, 0.25) is 0 Å². The Balaban J connectivity index is 1.83. The summed E-state index contributed by atoms with van der Waals surface area (Å²) in [5.74, 6) is 0.0279. The maximum absolute atomic E-state index is 12.4. The summed E-state index contributed by atoms with van der Waals surface area (Å²) in [6.07, 6.45) is 3.42. The number of rotatable bonds is 3. The molecule has 0 aliphatic carbocycles. The van der Waals surface area contributed by atoms with Crippen molar-refractivity contribution in [3.8, 4) is 0 Å². The first-order chi connectivity index (χ1) is 12.1. The van der Waals surface area contributed by atoms with Gasteiger partial charge < -0.3 is 4.74 Å². The van der Waals surface area contributed by atoms with Crippen LogP contribution in [0.15, 0.2) is 58.6 Å². The number of hydrogen-bond donors (Lipinski definition) is 0. The molecular formula is C18H15N3O3S. The Hall–Kier alpha value is -2.93. The highest BCUT2D eigenvalue weighted by Gasteiger charge is 2.30.